The summed E-state index contributed by atoms with van der Waals surface area (Å²) in [4.78, 5) is 0. The van der Waals surface area contributed by atoms with E-state index in [0.717, 1.165) is 25.9 Å². The second-order valence-corrected chi connectivity index (χ2v) is 8.56. The van der Waals surface area contributed by atoms with Crippen LogP contribution in [0.3, 0.4) is 0 Å². The van der Waals surface area contributed by atoms with Gasteiger partial charge in [-0.2, -0.15) is 0 Å². The van der Waals surface area contributed by atoms with Crippen LogP contribution < -0.4 is 5.32 Å². The smallest absolute Gasteiger partial charge is 0.0434 e. The van der Waals surface area contributed by atoms with Crippen LogP contribution >= 0.6 is 12.4 Å². The molecule has 1 fully saturated rings. The van der Waals surface area contributed by atoms with Crippen LogP contribution in [0.2, 0.25) is 0 Å². The summed E-state index contributed by atoms with van der Waals surface area (Å²) in [7, 11) is 0. The number of halogens is 1. The molecular weight excluding hydrogens is 414 g/mol. The maximum atomic E-state index is 9.57. The topological polar surface area (TPSA) is 32.3 Å². The summed E-state index contributed by atoms with van der Waals surface area (Å²) in [6.07, 6.45) is 4.03. The fourth-order valence-electron chi connectivity index (χ4n) is 4.62. The van der Waals surface area contributed by atoms with Crippen LogP contribution in [-0.4, -0.2) is 24.8 Å². The summed E-state index contributed by atoms with van der Waals surface area (Å²) in [6.45, 7) is 4.55. The quantitative estimate of drug-likeness (QED) is 0.399. The van der Waals surface area contributed by atoms with Crippen LogP contribution in [0.15, 0.2) is 78.9 Å². The van der Waals surface area contributed by atoms with Crippen LogP contribution in [-0.2, 0) is 0 Å². The standard InChI is InChI=1S/C29H33NO.ClH/c1-22-9-11-26(12-10-22)29(28(8-5-21-31)25-6-3-2-4-7-25)27-15-13-23(14-16-27)24-17-19-30-20-18-24;/h2-4,6-7,9-16,24,30-31H,5,8,17-21H2,1H3;1H/b29-28-;. The third kappa shape index (κ3) is 5.89. The molecule has 3 aromatic rings. The SMILES string of the molecule is Cc1ccc(/C(=C(\CCCO)c2ccccc2)c2ccc(C3CCNCC3)cc2)cc1.Cl. The zero-order valence-electron chi connectivity index (χ0n) is 18.9. The Labute approximate surface area is 198 Å². The lowest BCUT2D eigenvalue weighted by atomic mass is 9.85. The fraction of sp³-hybridized carbons (Fsp3) is 0.310. The van der Waals surface area contributed by atoms with E-state index >= 15 is 0 Å². The molecule has 0 amide bonds. The van der Waals surface area contributed by atoms with E-state index in [9.17, 15) is 5.11 Å². The molecule has 1 heterocycles. The Morgan fingerprint density at radius 2 is 1.41 bits per heavy atom. The second-order valence-electron chi connectivity index (χ2n) is 8.56. The molecule has 0 bridgehead atoms. The van der Waals surface area contributed by atoms with E-state index in [0.29, 0.717) is 5.92 Å². The molecule has 1 saturated heterocycles. The molecule has 2 N–H and O–H groups in total. The van der Waals surface area contributed by atoms with Crippen molar-refractivity contribution >= 4 is 23.6 Å². The number of benzene rings is 3. The van der Waals surface area contributed by atoms with Gasteiger partial charge in [-0.25, -0.2) is 0 Å². The van der Waals surface area contributed by atoms with Crippen molar-refractivity contribution in [1.29, 1.82) is 0 Å². The highest BCUT2D eigenvalue weighted by molar-refractivity contribution is 5.98. The van der Waals surface area contributed by atoms with Gasteiger partial charge < -0.3 is 10.4 Å². The van der Waals surface area contributed by atoms with Crippen molar-refractivity contribution in [2.45, 2.75) is 38.5 Å². The van der Waals surface area contributed by atoms with E-state index < -0.39 is 0 Å². The first-order valence-corrected chi connectivity index (χ1v) is 11.5. The minimum atomic E-state index is 0. The first kappa shape index (κ1) is 24.3. The van der Waals surface area contributed by atoms with Crippen LogP contribution in [0, 0.1) is 6.92 Å². The molecule has 0 unspecified atom stereocenters. The number of allylic oxidation sites excluding steroid dienone is 1. The predicted octanol–water partition coefficient (Wildman–Crippen LogP) is 6.62. The Hall–Kier alpha value is -2.39. The molecule has 0 atom stereocenters. The number of nitrogens with one attached hydrogen (secondary N) is 1. The predicted molar refractivity (Wildman–Crippen MR) is 138 cm³/mol. The molecule has 0 aliphatic carbocycles. The molecule has 1 aliphatic heterocycles. The average Bonchev–Trinajstić information content (AvgIpc) is 2.84. The van der Waals surface area contributed by atoms with Crippen LogP contribution in [0.25, 0.3) is 11.1 Å². The third-order valence-electron chi connectivity index (χ3n) is 6.36. The summed E-state index contributed by atoms with van der Waals surface area (Å²) in [5.74, 6) is 0.657. The Kier molecular flexibility index (Phi) is 9.11. The molecule has 3 aromatic carbocycles. The van der Waals surface area contributed by atoms with Crippen molar-refractivity contribution in [3.63, 3.8) is 0 Å². The van der Waals surface area contributed by atoms with Crippen LogP contribution in [0.4, 0.5) is 0 Å². The number of rotatable bonds is 7. The number of aryl methyl sites for hydroxylation is 1. The molecule has 4 rings (SSSR count). The van der Waals surface area contributed by atoms with Crippen LogP contribution in [0.5, 0.6) is 0 Å². The molecular formula is C29H34ClNO. The maximum Gasteiger partial charge on any atom is 0.0434 e. The van der Waals surface area contributed by atoms with E-state index in [1.165, 1.54) is 51.8 Å². The first-order valence-electron chi connectivity index (χ1n) is 11.5. The Morgan fingerprint density at radius 1 is 0.812 bits per heavy atom. The van der Waals surface area contributed by atoms with Crippen molar-refractivity contribution in [3.05, 3.63) is 107 Å². The zero-order valence-corrected chi connectivity index (χ0v) is 19.7. The molecule has 3 heteroatoms. The minimum Gasteiger partial charge on any atom is -0.396 e. The van der Waals surface area contributed by atoms with Gasteiger partial charge in [0.15, 0.2) is 0 Å². The van der Waals surface area contributed by atoms with Gasteiger partial charge in [0, 0.05) is 6.61 Å². The molecule has 2 nitrogen and oxygen atoms in total. The Balaban J connectivity index is 0.00000289. The van der Waals surface area contributed by atoms with Gasteiger partial charge >= 0.3 is 0 Å². The molecule has 0 spiro atoms. The van der Waals surface area contributed by atoms with Gasteiger partial charge in [-0.15, -0.1) is 12.4 Å². The summed E-state index contributed by atoms with van der Waals surface area (Å²) in [6, 6.07) is 28.7. The summed E-state index contributed by atoms with van der Waals surface area (Å²) < 4.78 is 0. The number of piperidine rings is 1. The molecule has 32 heavy (non-hydrogen) atoms. The Morgan fingerprint density at radius 3 is 2.00 bits per heavy atom. The van der Waals surface area contributed by atoms with E-state index in [2.05, 4.69) is 91.1 Å². The molecule has 0 aromatic heterocycles. The largest absolute Gasteiger partial charge is 0.396 e. The Bertz CT molecular complexity index is 988. The fourth-order valence-corrected chi connectivity index (χ4v) is 4.62. The van der Waals surface area contributed by atoms with Crippen LogP contribution in [0.1, 0.15) is 59.4 Å². The maximum absolute atomic E-state index is 9.57. The highest BCUT2D eigenvalue weighted by Crippen LogP contribution is 2.36. The van der Waals surface area contributed by atoms with Gasteiger partial charge in [0.1, 0.15) is 0 Å². The monoisotopic (exact) mass is 447 g/mol. The van der Waals surface area contributed by atoms with Gasteiger partial charge in [0.05, 0.1) is 0 Å². The lowest BCUT2D eigenvalue weighted by Crippen LogP contribution is -2.26. The summed E-state index contributed by atoms with van der Waals surface area (Å²) in [5, 5.41) is 13.0. The number of hydrogen-bond donors (Lipinski definition) is 2. The highest BCUT2D eigenvalue weighted by atomic mass is 35.5. The second kappa shape index (κ2) is 12.0. The number of aliphatic hydroxyl groups is 1. The van der Waals surface area contributed by atoms with Crippen molar-refractivity contribution in [2.75, 3.05) is 19.7 Å². The summed E-state index contributed by atoms with van der Waals surface area (Å²) >= 11 is 0. The zero-order chi connectivity index (χ0) is 21.5. The number of aliphatic hydroxyl groups excluding tert-OH is 1. The van der Waals surface area contributed by atoms with E-state index in [-0.39, 0.29) is 19.0 Å². The van der Waals surface area contributed by atoms with E-state index in [1.54, 1.807) is 0 Å². The van der Waals surface area contributed by atoms with Crippen molar-refractivity contribution in [3.8, 4) is 0 Å². The van der Waals surface area contributed by atoms with Gasteiger partial charge in [-0.1, -0.05) is 84.4 Å². The van der Waals surface area contributed by atoms with Crippen molar-refractivity contribution in [1.82, 2.24) is 5.32 Å². The van der Waals surface area contributed by atoms with Crippen molar-refractivity contribution < 1.29 is 5.11 Å². The van der Waals surface area contributed by atoms with Crippen molar-refractivity contribution in [2.24, 2.45) is 0 Å². The molecule has 0 radical (unpaired) electrons. The third-order valence-corrected chi connectivity index (χ3v) is 6.36. The van der Waals surface area contributed by atoms with Gasteiger partial charge in [-0.3, -0.25) is 0 Å². The number of hydrogen-bond acceptors (Lipinski definition) is 2. The molecule has 168 valence electrons. The lowest BCUT2D eigenvalue weighted by Gasteiger charge is -2.23. The molecule has 0 saturated carbocycles. The highest BCUT2D eigenvalue weighted by Gasteiger charge is 2.17. The van der Waals surface area contributed by atoms with Gasteiger partial charge in [0.25, 0.3) is 0 Å². The van der Waals surface area contributed by atoms with E-state index in [4.69, 9.17) is 0 Å². The molecule has 1 aliphatic rings. The summed E-state index contributed by atoms with van der Waals surface area (Å²) in [5.41, 5.74) is 9.00. The first-order chi connectivity index (χ1) is 15.3. The minimum absolute atomic E-state index is 0. The van der Waals surface area contributed by atoms with Gasteiger partial charge in [-0.05, 0) is 85.0 Å². The van der Waals surface area contributed by atoms with E-state index in [1.807, 2.05) is 0 Å². The average molecular weight is 448 g/mol. The lowest BCUT2D eigenvalue weighted by molar-refractivity contribution is 0.290. The normalized spacial score (nSPS) is 15.1. The van der Waals surface area contributed by atoms with Gasteiger partial charge in [0.2, 0.25) is 0 Å².